The van der Waals surface area contributed by atoms with Gasteiger partial charge in [0, 0.05) is 49.1 Å². The molecule has 166 valence electrons. The molecular weight excluding hydrogens is 412 g/mol. The summed E-state index contributed by atoms with van der Waals surface area (Å²) in [5, 5.41) is 1.05. The lowest BCUT2D eigenvalue weighted by Gasteiger charge is -2.26. The van der Waals surface area contributed by atoms with Crippen LogP contribution in [0.15, 0.2) is 49.1 Å². The summed E-state index contributed by atoms with van der Waals surface area (Å²) in [5.41, 5.74) is 8.19. The number of aromatic nitrogens is 4. The van der Waals surface area contributed by atoms with Crippen LogP contribution >= 0.6 is 0 Å². The Labute approximate surface area is 185 Å². The van der Waals surface area contributed by atoms with Crippen molar-refractivity contribution < 1.29 is 14.3 Å². The van der Waals surface area contributed by atoms with Crippen LogP contribution in [0.5, 0.6) is 6.01 Å². The number of carbonyl (C=O) groups is 1. The fourth-order valence-electron chi connectivity index (χ4n) is 3.17. The second-order valence-corrected chi connectivity index (χ2v) is 7.05. The summed E-state index contributed by atoms with van der Waals surface area (Å²) in [4.78, 5) is 31.7. The minimum absolute atomic E-state index is 0.137. The molecule has 1 saturated heterocycles. The summed E-state index contributed by atoms with van der Waals surface area (Å²) in [6, 6.07) is 7.07. The van der Waals surface area contributed by atoms with Gasteiger partial charge in [-0.1, -0.05) is 6.07 Å². The monoisotopic (exact) mass is 436 g/mol. The molecule has 1 fully saturated rings. The molecule has 3 heterocycles. The molecule has 11 heteroatoms. The van der Waals surface area contributed by atoms with Crippen molar-refractivity contribution in [3.63, 3.8) is 0 Å². The summed E-state index contributed by atoms with van der Waals surface area (Å²) in [7, 11) is 0. The lowest BCUT2D eigenvalue weighted by molar-refractivity contribution is 0.0728. The molecule has 1 amide bonds. The van der Waals surface area contributed by atoms with Crippen molar-refractivity contribution in [2.45, 2.75) is 0 Å². The molecule has 4 N–H and O–H groups in total. The molecule has 0 aliphatic carbocycles. The van der Waals surface area contributed by atoms with E-state index in [0.29, 0.717) is 30.4 Å². The molecule has 0 saturated carbocycles. The second-order valence-electron chi connectivity index (χ2n) is 7.05. The molecule has 1 aromatic carbocycles. The van der Waals surface area contributed by atoms with Gasteiger partial charge in [0.05, 0.1) is 25.3 Å². The number of rotatable bonds is 7. The van der Waals surface area contributed by atoms with Crippen molar-refractivity contribution in [3.05, 3.63) is 54.6 Å². The Morgan fingerprint density at radius 2 is 1.81 bits per heavy atom. The fraction of sp³-hybridized carbons (Fsp3) is 0.286. The highest BCUT2D eigenvalue weighted by Crippen LogP contribution is 2.24. The quantitative estimate of drug-likeness (QED) is 0.235. The average Bonchev–Trinajstić information content (AvgIpc) is 2.85. The molecule has 1 aliphatic heterocycles. The van der Waals surface area contributed by atoms with Gasteiger partial charge in [0.2, 0.25) is 5.95 Å². The van der Waals surface area contributed by atoms with Crippen molar-refractivity contribution in [1.82, 2.24) is 24.9 Å². The van der Waals surface area contributed by atoms with Gasteiger partial charge in [-0.05, 0) is 23.8 Å². The average molecular weight is 436 g/mol. The number of hydrazine groups is 1. The number of anilines is 2. The van der Waals surface area contributed by atoms with Crippen molar-refractivity contribution in [3.8, 4) is 17.1 Å². The smallest absolute Gasteiger partial charge is 0.316 e. The maximum absolute atomic E-state index is 12.8. The van der Waals surface area contributed by atoms with Crippen LogP contribution in [0.2, 0.25) is 0 Å². The van der Waals surface area contributed by atoms with E-state index in [1.807, 2.05) is 6.07 Å². The van der Waals surface area contributed by atoms with Gasteiger partial charge < -0.3 is 20.1 Å². The van der Waals surface area contributed by atoms with E-state index >= 15 is 0 Å². The molecule has 0 unspecified atom stereocenters. The number of amides is 1. The van der Waals surface area contributed by atoms with Gasteiger partial charge in [-0.15, -0.1) is 0 Å². The molecule has 4 rings (SSSR count). The first-order valence-corrected chi connectivity index (χ1v) is 10.1. The maximum Gasteiger partial charge on any atom is 0.316 e. The third kappa shape index (κ3) is 5.07. The molecule has 32 heavy (non-hydrogen) atoms. The highest BCUT2D eigenvalue weighted by molar-refractivity contribution is 6.00. The summed E-state index contributed by atoms with van der Waals surface area (Å²) in [5.74, 6) is 6.17. The van der Waals surface area contributed by atoms with Gasteiger partial charge >= 0.3 is 6.01 Å². The van der Waals surface area contributed by atoms with Crippen molar-refractivity contribution in [2.75, 3.05) is 50.1 Å². The van der Waals surface area contributed by atoms with Gasteiger partial charge in [0.1, 0.15) is 6.61 Å². The van der Waals surface area contributed by atoms with E-state index in [-0.39, 0.29) is 19.2 Å². The van der Waals surface area contributed by atoms with Gasteiger partial charge in [0.25, 0.3) is 5.91 Å². The second kappa shape index (κ2) is 9.98. The Hall–Kier alpha value is -3.83. The number of ether oxygens (including phenoxy) is 2. The van der Waals surface area contributed by atoms with E-state index in [1.165, 1.54) is 0 Å². The van der Waals surface area contributed by atoms with Crippen LogP contribution < -0.4 is 21.2 Å². The zero-order valence-corrected chi connectivity index (χ0v) is 17.4. The van der Waals surface area contributed by atoms with E-state index < -0.39 is 5.91 Å². The molecular formula is C21H24N8O3. The number of nitrogens with zero attached hydrogens (tertiary/aromatic N) is 6. The molecule has 3 aromatic rings. The summed E-state index contributed by atoms with van der Waals surface area (Å²) in [6.07, 6.45) is 6.59. The molecule has 0 bridgehead atoms. The van der Waals surface area contributed by atoms with Crippen LogP contribution in [0.4, 0.5) is 11.6 Å². The molecule has 0 radical (unpaired) electrons. The summed E-state index contributed by atoms with van der Waals surface area (Å²) >= 11 is 0. The zero-order chi connectivity index (χ0) is 22.3. The van der Waals surface area contributed by atoms with Crippen LogP contribution in [-0.2, 0) is 4.74 Å². The predicted octanol–water partition coefficient (Wildman–Crippen LogP) is 0.747. The standard InChI is InChI=1S/C21H24N8O3/c22-18-3-2-15(16-13-26-20(27-14-16)28-6-9-31-10-7-28)12-17(18)19(30)29(23)8-11-32-21-24-4-1-5-25-21/h1-5,12-14H,6-11,22-23H2. The number of carbonyl (C=O) groups excluding carboxylic acids is 1. The Kier molecular flexibility index (Phi) is 6.68. The van der Waals surface area contributed by atoms with E-state index in [9.17, 15) is 4.79 Å². The fourth-order valence-corrected chi connectivity index (χ4v) is 3.17. The van der Waals surface area contributed by atoms with Gasteiger partial charge in [-0.25, -0.2) is 25.8 Å². The third-order valence-corrected chi connectivity index (χ3v) is 4.92. The molecule has 0 atom stereocenters. The molecule has 0 spiro atoms. The van der Waals surface area contributed by atoms with Crippen molar-refractivity contribution >= 4 is 17.5 Å². The van der Waals surface area contributed by atoms with Crippen LogP contribution in [0.25, 0.3) is 11.1 Å². The largest absolute Gasteiger partial charge is 0.462 e. The highest BCUT2D eigenvalue weighted by Gasteiger charge is 2.18. The molecule has 1 aliphatic rings. The minimum atomic E-state index is -0.423. The number of nitrogens with two attached hydrogens (primary N) is 2. The van der Waals surface area contributed by atoms with Crippen molar-refractivity contribution in [1.29, 1.82) is 0 Å². The van der Waals surface area contributed by atoms with Gasteiger partial charge in [0.15, 0.2) is 0 Å². The highest BCUT2D eigenvalue weighted by atomic mass is 16.5. The predicted molar refractivity (Wildman–Crippen MR) is 118 cm³/mol. The lowest BCUT2D eigenvalue weighted by atomic mass is 10.0. The van der Waals surface area contributed by atoms with Crippen LogP contribution in [0.3, 0.4) is 0 Å². The van der Waals surface area contributed by atoms with Crippen LogP contribution in [-0.4, -0.2) is 70.3 Å². The van der Waals surface area contributed by atoms with Gasteiger partial charge in [-0.3, -0.25) is 9.80 Å². The van der Waals surface area contributed by atoms with Gasteiger partial charge in [-0.2, -0.15) is 0 Å². The van der Waals surface area contributed by atoms with E-state index in [2.05, 4.69) is 24.8 Å². The Morgan fingerprint density at radius 1 is 1.09 bits per heavy atom. The first-order chi connectivity index (χ1) is 15.6. The zero-order valence-electron chi connectivity index (χ0n) is 17.4. The Bertz CT molecular complexity index is 1040. The molecule has 2 aromatic heterocycles. The number of hydrogen-bond donors (Lipinski definition) is 2. The first-order valence-electron chi connectivity index (χ1n) is 10.1. The minimum Gasteiger partial charge on any atom is -0.462 e. The SMILES string of the molecule is Nc1ccc(-c2cnc(N3CCOCC3)nc2)cc1C(=O)N(N)CCOc1ncccn1. The lowest BCUT2D eigenvalue weighted by Crippen LogP contribution is -2.40. The summed E-state index contributed by atoms with van der Waals surface area (Å²) in [6.45, 7) is 3.11. The topological polar surface area (TPSA) is 146 Å². The van der Waals surface area contributed by atoms with E-state index in [1.54, 1.807) is 43.0 Å². The Morgan fingerprint density at radius 3 is 2.53 bits per heavy atom. The number of morpholine rings is 1. The summed E-state index contributed by atoms with van der Waals surface area (Å²) < 4.78 is 10.7. The molecule has 11 nitrogen and oxygen atoms in total. The normalized spacial score (nSPS) is 13.6. The Balaban J connectivity index is 1.42. The van der Waals surface area contributed by atoms with E-state index in [0.717, 1.165) is 29.2 Å². The number of hydrogen-bond acceptors (Lipinski definition) is 10. The van der Waals surface area contributed by atoms with Crippen LogP contribution in [0.1, 0.15) is 10.4 Å². The van der Waals surface area contributed by atoms with Crippen LogP contribution in [0, 0.1) is 0 Å². The third-order valence-electron chi connectivity index (χ3n) is 4.92. The van der Waals surface area contributed by atoms with E-state index in [4.69, 9.17) is 21.1 Å². The number of benzene rings is 1. The van der Waals surface area contributed by atoms with Crippen molar-refractivity contribution in [2.24, 2.45) is 5.84 Å². The maximum atomic E-state index is 12.8. The first kappa shape index (κ1) is 21.4. The number of nitrogen functional groups attached to an aromatic ring is 1.